The highest BCUT2D eigenvalue weighted by atomic mass is 19.2. The summed E-state index contributed by atoms with van der Waals surface area (Å²) in [6.45, 7) is 3.43. The van der Waals surface area contributed by atoms with Crippen LogP contribution in [0.25, 0.3) is 11.1 Å². The first-order valence-corrected chi connectivity index (χ1v) is 15.2. The molecule has 0 unspecified atom stereocenters. The molecule has 7 heteroatoms. The Balaban J connectivity index is 1.12. The summed E-state index contributed by atoms with van der Waals surface area (Å²) in [5.74, 6) is -4.49. The zero-order valence-electron chi connectivity index (χ0n) is 24.2. The van der Waals surface area contributed by atoms with Gasteiger partial charge >= 0.3 is 0 Å². The van der Waals surface area contributed by atoms with Gasteiger partial charge in [0.25, 0.3) is 0 Å². The third kappa shape index (κ3) is 6.21. The maximum Gasteiger partial charge on any atom is 0.200 e. The van der Waals surface area contributed by atoms with Crippen molar-refractivity contribution in [3.63, 3.8) is 0 Å². The summed E-state index contributed by atoms with van der Waals surface area (Å²) in [5, 5.41) is 0. The molecule has 3 aromatic rings. The number of ether oxygens (including phenoxy) is 1. The molecule has 0 N–H and O–H groups in total. The molecule has 0 aromatic heterocycles. The van der Waals surface area contributed by atoms with Crippen LogP contribution in [0.4, 0.5) is 26.3 Å². The van der Waals surface area contributed by atoms with Crippen molar-refractivity contribution in [3.8, 4) is 16.9 Å². The lowest BCUT2D eigenvalue weighted by molar-refractivity contribution is 0.156. The van der Waals surface area contributed by atoms with E-state index < -0.39 is 34.9 Å². The number of hydrogen-bond donors (Lipinski definition) is 0. The third-order valence-electron chi connectivity index (χ3n) is 9.70. The quantitative estimate of drug-likeness (QED) is 0.238. The molecule has 0 radical (unpaired) electrons. The van der Waals surface area contributed by atoms with Crippen LogP contribution in [0.3, 0.4) is 0 Å². The van der Waals surface area contributed by atoms with E-state index in [1.807, 2.05) is 0 Å². The van der Waals surface area contributed by atoms with E-state index in [9.17, 15) is 26.3 Å². The van der Waals surface area contributed by atoms with Crippen LogP contribution in [0.15, 0.2) is 36.4 Å². The Morgan fingerprint density at radius 3 is 1.86 bits per heavy atom. The highest BCUT2D eigenvalue weighted by Gasteiger charge is 2.33. The topological polar surface area (TPSA) is 9.23 Å². The van der Waals surface area contributed by atoms with Crippen LogP contribution in [0.2, 0.25) is 0 Å². The van der Waals surface area contributed by atoms with Gasteiger partial charge in [0.2, 0.25) is 5.82 Å². The van der Waals surface area contributed by atoms with Gasteiger partial charge in [-0.25, -0.2) is 22.0 Å². The Bertz CT molecular complexity index is 1400. The lowest BCUT2D eigenvalue weighted by Crippen LogP contribution is -2.26. The predicted molar refractivity (Wildman–Crippen MR) is 152 cm³/mol. The van der Waals surface area contributed by atoms with Crippen molar-refractivity contribution in [1.82, 2.24) is 0 Å². The van der Waals surface area contributed by atoms with Gasteiger partial charge < -0.3 is 4.74 Å². The van der Waals surface area contributed by atoms with E-state index in [0.29, 0.717) is 29.7 Å². The molecular weight excluding hydrogens is 550 g/mol. The van der Waals surface area contributed by atoms with Crippen molar-refractivity contribution in [2.45, 2.75) is 84.0 Å². The molecule has 0 atom stereocenters. The van der Waals surface area contributed by atoms with E-state index in [2.05, 4.69) is 0 Å². The molecule has 2 aliphatic rings. The van der Waals surface area contributed by atoms with E-state index in [-0.39, 0.29) is 40.5 Å². The summed E-state index contributed by atoms with van der Waals surface area (Å²) in [6.07, 6.45) is 9.03. The standard InChI is InChI=1S/C35H38F6O/c1-3-42-29-19-18-26(32(38)35(29)41)24-13-11-23(12-14-24)22-8-5-21(6-9-22)7-10-25-15-17-28(34(40)31(25)37)27-16-4-20(2)30(36)33(27)39/h4,15-19,21-24H,3,5-14H2,1-2H3. The molecule has 0 spiro atoms. The van der Waals surface area contributed by atoms with Crippen molar-refractivity contribution >= 4 is 0 Å². The average Bonchev–Trinajstić information content (AvgIpc) is 3.00. The summed E-state index contributed by atoms with van der Waals surface area (Å²) < 4.78 is 92.5. The van der Waals surface area contributed by atoms with Gasteiger partial charge in [0, 0.05) is 11.1 Å². The van der Waals surface area contributed by atoms with Crippen molar-refractivity contribution in [2.24, 2.45) is 17.8 Å². The van der Waals surface area contributed by atoms with Crippen LogP contribution >= 0.6 is 0 Å². The summed E-state index contributed by atoms with van der Waals surface area (Å²) >= 11 is 0. The second kappa shape index (κ2) is 13.1. The van der Waals surface area contributed by atoms with Crippen molar-refractivity contribution in [3.05, 3.63) is 88.0 Å². The van der Waals surface area contributed by atoms with Gasteiger partial charge in [-0.2, -0.15) is 4.39 Å². The molecule has 226 valence electrons. The molecule has 0 amide bonds. The van der Waals surface area contributed by atoms with Gasteiger partial charge in [-0.3, -0.25) is 0 Å². The van der Waals surface area contributed by atoms with E-state index >= 15 is 0 Å². The normalized spacial score (nSPS) is 22.8. The lowest BCUT2D eigenvalue weighted by Gasteiger charge is -2.38. The van der Waals surface area contributed by atoms with Crippen molar-refractivity contribution in [1.29, 1.82) is 0 Å². The first-order chi connectivity index (χ1) is 20.2. The molecule has 2 aliphatic carbocycles. The highest BCUT2D eigenvalue weighted by molar-refractivity contribution is 5.66. The van der Waals surface area contributed by atoms with E-state index in [1.54, 1.807) is 13.0 Å². The minimum atomic E-state index is -1.18. The Morgan fingerprint density at radius 1 is 0.619 bits per heavy atom. The predicted octanol–water partition coefficient (Wildman–Crippen LogP) is 10.6. The molecule has 0 bridgehead atoms. The number of hydrogen-bond acceptors (Lipinski definition) is 1. The fraction of sp³-hybridized carbons (Fsp3) is 0.486. The summed E-state index contributed by atoms with van der Waals surface area (Å²) in [4.78, 5) is 0. The van der Waals surface area contributed by atoms with Crippen LogP contribution in [-0.2, 0) is 6.42 Å². The maximum absolute atomic E-state index is 14.9. The molecule has 3 aromatic carbocycles. The Hall–Kier alpha value is -2.96. The summed E-state index contributed by atoms with van der Waals surface area (Å²) in [7, 11) is 0. The van der Waals surface area contributed by atoms with E-state index in [1.165, 1.54) is 37.3 Å². The van der Waals surface area contributed by atoms with E-state index in [4.69, 9.17) is 4.74 Å². The van der Waals surface area contributed by atoms with Gasteiger partial charge in [-0.15, -0.1) is 0 Å². The van der Waals surface area contributed by atoms with Gasteiger partial charge in [0.05, 0.1) is 6.61 Å². The zero-order valence-corrected chi connectivity index (χ0v) is 24.2. The molecule has 2 fully saturated rings. The molecule has 2 saturated carbocycles. The first kappa shape index (κ1) is 30.5. The number of halogens is 6. The average molecular weight is 589 g/mol. The first-order valence-electron chi connectivity index (χ1n) is 15.2. The van der Waals surface area contributed by atoms with Crippen molar-refractivity contribution < 1.29 is 31.1 Å². The third-order valence-corrected chi connectivity index (χ3v) is 9.70. The summed E-state index contributed by atoms with van der Waals surface area (Å²) in [5.41, 5.74) is 0.240. The van der Waals surface area contributed by atoms with Gasteiger partial charge in [-0.05, 0) is 112 Å². The second-order valence-electron chi connectivity index (χ2n) is 12.1. The molecule has 42 heavy (non-hydrogen) atoms. The zero-order chi connectivity index (χ0) is 30.0. The molecule has 5 rings (SSSR count). The lowest BCUT2D eigenvalue weighted by atomic mass is 9.68. The second-order valence-corrected chi connectivity index (χ2v) is 12.1. The maximum atomic E-state index is 14.9. The minimum absolute atomic E-state index is 0.0194. The molecular formula is C35H38F6O. The molecule has 0 aliphatic heterocycles. The smallest absolute Gasteiger partial charge is 0.200 e. The largest absolute Gasteiger partial charge is 0.491 e. The Labute approximate surface area is 244 Å². The minimum Gasteiger partial charge on any atom is -0.491 e. The monoisotopic (exact) mass is 588 g/mol. The fourth-order valence-corrected chi connectivity index (χ4v) is 7.18. The Morgan fingerprint density at radius 2 is 1.21 bits per heavy atom. The molecule has 0 heterocycles. The van der Waals surface area contributed by atoms with Crippen LogP contribution in [0.5, 0.6) is 5.75 Å². The fourth-order valence-electron chi connectivity index (χ4n) is 7.18. The van der Waals surface area contributed by atoms with Crippen LogP contribution in [0.1, 0.15) is 87.3 Å². The molecule has 0 saturated heterocycles. The van der Waals surface area contributed by atoms with Crippen LogP contribution in [-0.4, -0.2) is 6.61 Å². The van der Waals surface area contributed by atoms with Crippen LogP contribution in [0, 0.1) is 59.6 Å². The van der Waals surface area contributed by atoms with Gasteiger partial charge in [0.15, 0.2) is 34.8 Å². The highest BCUT2D eigenvalue weighted by Crippen LogP contribution is 2.45. The molecule has 1 nitrogen and oxygen atoms in total. The van der Waals surface area contributed by atoms with Crippen LogP contribution < -0.4 is 4.74 Å². The number of aryl methyl sites for hydroxylation is 2. The van der Waals surface area contributed by atoms with Crippen molar-refractivity contribution in [2.75, 3.05) is 6.61 Å². The SMILES string of the molecule is CCOc1ccc(C2CCC(C3CCC(CCc4ccc(-c5ccc(C)c(F)c5F)c(F)c4F)CC3)CC2)c(F)c1F. The summed E-state index contributed by atoms with van der Waals surface area (Å²) in [6, 6.07) is 8.64. The van der Waals surface area contributed by atoms with Gasteiger partial charge in [0.1, 0.15) is 0 Å². The van der Waals surface area contributed by atoms with E-state index in [0.717, 1.165) is 57.8 Å². The number of rotatable bonds is 8. The number of benzene rings is 3. The Kier molecular flexibility index (Phi) is 9.54. The van der Waals surface area contributed by atoms with Gasteiger partial charge in [-0.1, -0.05) is 43.2 Å².